The van der Waals surface area contributed by atoms with Crippen LogP contribution >= 0.6 is 11.6 Å². The lowest BCUT2D eigenvalue weighted by Gasteiger charge is -2.29. The third-order valence-corrected chi connectivity index (χ3v) is 3.46. The van der Waals surface area contributed by atoms with Crippen molar-refractivity contribution in [3.8, 4) is 0 Å². The molecule has 92 valence electrons. The zero-order valence-corrected chi connectivity index (χ0v) is 10.4. The van der Waals surface area contributed by atoms with Crippen molar-refractivity contribution in [3.63, 3.8) is 0 Å². The van der Waals surface area contributed by atoms with Crippen LogP contribution in [-0.2, 0) is 6.42 Å². The van der Waals surface area contributed by atoms with Crippen LogP contribution in [0.3, 0.4) is 0 Å². The quantitative estimate of drug-likeness (QED) is 0.635. The second-order valence-electron chi connectivity index (χ2n) is 4.41. The maximum Gasteiger partial charge on any atom is 0.124 e. The number of halogens is 2. The molecule has 1 aliphatic rings. The standard InChI is InChI=1S/C13H16ClFN2/c14-12-9-11(15)5-4-10(12)8-13(16)17-6-2-1-3-7-17/h4-5,9,16H,1-3,6-8H2. The summed E-state index contributed by atoms with van der Waals surface area (Å²) in [7, 11) is 0. The van der Waals surface area contributed by atoms with Crippen molar-refractivity contribution in [3.05, 3.63) is 34.6 Å². The number of piperidine rings is 1. The lowest BCUT2D eigenvalue weighted by Crippen LogP contribution is -2.36. The third kappa shape index (κ3) is 3.19. The summed E-state index contributed by atoms with van der Waals surface area (Å²) in [6.45, 7) is 1.91. The van der Waals surface area contributed by atoms with Crippen molar-refractivity contribution in [1.82, 2.24) is 4.90 Å². The first kappa shape index (κ1) is 12.4. The first-order valence-electron chi connectivity index (χ1n) is 5.93. The number of nitrogens with one attached hydrogen (secondary N) is 1. The van der Waals surface area contributed by atoms with Crippen molar-refractivity contribution >= 4 is 17.4 Å². The molecule has 2 rings (SSSR count). The van der Waals surface area contributed by atoms with Crippen molar-refractivity contribution in [2.75, 3.05) is 13.1 Å². The molecule has 2 nitrogen and oxygen atoms in total. The Balaban J connectivity index is 2.02. The molecule has 0 radical (unpaired) electrons. The molecule has 0 unspecified atom stereocenters. The second kappa shape index (κ2) is 5.50. The predicted molar refractivity (Wildman–Crippen MR) is 68.3 cm³/mol. The molecule has 0 amide bonds. The molecule has 1 aliphatic heterocycles. The largest absolute Gasteiger partial charge is 0.360 e. The van der Waals surface area contributed by atoms with Gasteiger partial charge in [-0.2, -0.15) is 0 Å². The molecule has 4 heteroatoms. The van der Waals surface area contributed by atoms with Crippen LogP contribution in [0.4, 0.5) is 4.39 Å². The van der Waals surface area contributed by atoms with Gasteiger partial charge in [-0.3, -0.25) is 5.41 Å². The number of amidine groups is 1. The van der Waals surface area contributed by atoms with Gasteiger partial charge in [-0.25, -0.2) is 4.39 Å². The Morgan fingerprint density at radius 1 is 1.29 bits per heavy atom. The van der Waals surface area contributed by atoms with Crippen molar-refractivity contribution in [1.29, 1.82) is 5.41 Å². The van der Waals surface area contributed by atoms with E-state index in [1.54, 1.807) is 6.07 Å². The summed E-state index contributed by atoms with van der Waals surface area (Å²) in [5.74, 6) is 0.251. The maximum atomic E-state index is 12.9. The highest BCUT2D eigenvalue weighted by molar-refractivity contribution is 6.31. The molecule has 0 atom stereocenters. The summed E-state index contributed by atoms with van der Waals surface area (Å²) < 4.78 is 12.9. The fourth-order valence-electron chi connectivity index (χ4n) is 2.12. The van der Waals surface area contributed by atoms with E-state index in [0.717, 1.165) is 31.5 Å². The Kier molecular flexibility index (Phi) is 4.00. The molecule has 1 heterocycles. The minimum absolute atomic E-state index is 0.330. The molecule has 17 heavy (non-hydrogen) atoms. The van der Waals surface area contributed by atoms with Crippen LogP contribution in [0.2, 0.25) is 5.02 Å². The van der Waals surface area contributed by atoms with Crippen LogP contribution in [0.15, 0.2) is 18.2 Å². The molecule has 1 fully saturated rings. The monoisotopic (exact) mass is 254 g/mol. The molecule has 0 saturated carbocycles. The van der Waals surface area contributed by atoms with E-state index in [4.69, 9.17) is 17.0 Å². The average Bonchev–Trinajstić information content (AvgIpc) is 2.34. The highest BCUT2D eigenvalue weighted by Gasteiger charge is 2.14. The molecular formula is C13H16ClFN2. The fraction of sp³-hybridized carbons (Fsp3) is 0.462. The Bertz CT molecular complexity index is 414. The van der Waals surface area contributed by atoms with Crippen LogP contribution in [0.25, 0.3) is 0 Å². The summed E-state index contributed by atoms with van der Waals surface area (Å²) >= 11 is 5.96. The van der Waals surface area contributed by atoms with Gasteiger partial charge in [0, 0.05) is 24.5 Å². The Labute approximate surface area is 106 Å². The highest BCUT2D eigenvalue weighted by Crippen LogP contribution is 2.19. The van der Waals surface area contributed by atoms with E-state index < -0.39 is 0 Å². The van der Waals surface area contributed by atoms with Gasteiger partial charge >= 0.3 is 0 Å². The van der Waals surface area contributed by atoms with E-state index >= 15 is 0 Å². The first-order valence-corrected chi connectivity index (χ1v) is 6.31. The zero-order valence-electron chi connectivity index (χ0n) is 9.68. The summed E-state index contributed by atoms with van der Waals surface area (Å²) in [5.41, 5.74) is 0.823. The summed E-state index contributed by atoms with van der Waals surface area (Å²) in [5, 5.41) is 8.45. The first-order chi connectivity index (χ1) is 8.16. The van der Waals surface area contributed by atoms with Gasteiger partial charge in [0.15, 0.2) is 0 Å². The smallest absolute Gasteiger partial charge is 0.124 e. The Hall–Kier alpha value is -1.09. The van der Waals surface area contributed by atoms with Crippen LogP contribution < -0.4 is 0 Å². The number of nitrogens with zero attached hydrogens (tertiary/aromatic N) is 1. The third-order valence-electron chi connectivity index (χ3n) is 3.11. The predicted octanol–water partition coefficient (Wildman–Crippen LogP) is 3.48. The van der Waals surface area contributed by atoms with Gasteiger partial charge < -0.3 is 4.90 Å². The van der Waals surface area contributed by atoms with Gasteiger partial charge in [-0.1, -0.05) is 17.7 Å². The number of hydrogen-bond acceptors (Lipinski definition) is 1. The molecule has 0 bridgehead atoms. The van der Waals surface area contributed by atoms with Gasteiger partial charge in [0.2, 0.25) is 0 Å². The van der Waals surface area contributed by atoms with Gasteiger partial charge in [0.05, 0.1) is 0 Å². The van der Waals surface area contributed by atoms with E-state index in [1.807, 2.05) is 0 Å². The summed E-state index contributed by atoms with van der Waals surface area (Å²) in [6.07, 6.45) is 4.04. The van der Waals surface area contributed by atoms with E-state index in [0.29, 0.717) is 17.3 Å². The zero-order chi connectivity index (χ0) is 12.3. The van der Waals surface area contributed by atoms with Crippen LogP contribution in [-0.4, -0.2) is 23.8 Å². The van der Waals surface area contributed by atoms with E-state index in [2.05, 4.69) is 4.90 Å². The topological polar surface area (TPSA) is 27.1 Å². The molecule has 1 N–H and O–H groups in total. The Morgan fingerprint density at radius 3 is 2.65 bits per heavy atom. The maximum absolute atomic E-state index is 12.9. The molecular weight excluding hydrogens is 239 g/mol. The average molecular weight is 255 g/mol. The van der Waals surface area contributed by atoms with Gasteiger partial charge in [-0.15, -0.1) is 0 Å². The van der Waals surface area contributed by atoms with Gasteiger partial charge in [0.1, 0.15) is 11.7 Å². The van der Waals surface area contributed by atoms with E-state index in [9.17, 15) is 4.39 Å². The summed E-state index contributed by atoms with van der Waals surface area (Å²) in [6, 6.07) is 4.36. The molecule has 0 aromatic heterocycles. The van der Waals surface area contributed by atoms with Crippen molar-refractivity contribution in [2.24, 2.45) is 0 Å². The molecule has 0 aliphatic carbocycles. The molecule has 1 saturated heterocycles. The van der Waals surface area contributed by atoms with Crippen LogP contribution in [0, 0.1) is 11.2 Å². The van der Waals surface area contributed by atoms with Crippen LogP contribution in [0.5, 0.6) is 0 Å². The van der Waals surface area contributed by atoms with Crippen molar-refractivity contribution < 1.29 is 4.39 Å². The van der Waals surface area contributed by atoms with Crippen LogP contribution in [0.1, 0.15) is 24.8 Å². The minimum atomic E-state index is -0.330. The number of hydrogen-bond donors (Lipinski definition) is 1. The van der Waals surface area contributed by atoms with Gasteiger partial charge in [0.25, 0.3) is 0 Å². The lowest BCUT2D eigenvalue weighted by molar-refractivity contribution is 0.336. The second-order valence-corrected chi connectivity index (χ2v) is 4.81. The number of rotatable bonds is 2. The SMILES string of the molecule is N=C(Cc1ccc(F)cc1Cl)N1CCCCC1. The highest BCUT2D eigenvalue weighted by atomic mass is 35.5. The van der Waals surface area contributed by atoms with Crippen molar-refractivity contribution in [2.45, 2.75) is 25.7 Å². The lowest BCUT2D eigenvalue weighted by atomic mass is 10.1. The van der Waals surface area contributed by atoms with Gasteiger partial charge in [-0.05, 0) is 37.0 Å². The van der Waals surface area contributed by atoms with E-state index in [1.165, 1.54) is 18.6 Å². The van der Waals surface area contributed by atoms with E-state index in [-0.39, 0.29) is 5.82 Å². The minimum Gasteiger partial charge on any atom is -0.360 e. The molecule has 0 spiro atoms. The fourth-order valence-corrected chi connectivity index (χ4v) is 2.36. The number of likely N-dealkylation sites (tertiary alicyclic amines) is 1. The molecule has 1 aromatic rings. The summed E-state index contributed by atoms with van der Waals surface area (Å²) in [4.78, 5) is 2.09. The Morgan fingerprint density at radius 2 is 2.00 bits per heavy atom. The molecule has 1 aromatic carbocycles. The number of benzene rings is 1. The normalized spacial score (nSPS) is 16.0.